The van der Waals surface area contributed by atoms with Crippen LogP contribution in [0.2, 0.25) is 5.02 Å². The highest BCUT2D eigenvalue weighted by molar-refractivity contribution is 6.31. The fraction of sp³-hybridized carbons (Fsp3) is 0.167. The first kappa shape index (κ1) is 12.4. The number of halogens is 1. The number of rotatable bonds is 1. The maximum absolute atomic E-state index is 11.9. The van der Waals surface area contributed by atoms with Gasteiger partial charge in [-0.05, 0) is 24.3 Å². The fourth-order valence-corrected chi connectivity index (χ4v) is 1.81. The van der Waals surface area contributed by atoms with E-state index in [1.54, 1.807) is 32.3 Å². The largest absolute Gasteiger partial charge is 0.359 e. The molecular formula is C12H13ClN4O. The van der Waals surface area contributed by atoms with Gasteiger partial charge in [0.05, 0.1) is 0 Å². The smallest absolute Gasteiger partial charge is 0.274 e. The molecule has 2 rings (SSSR count). The molecule has 0 saturated carbocycles. The Morgan fingerprint density at radius 3 is 2.83 bits per heavy atom. The lowest BCUT2D eigenvalue weighted by molar-refractivity contribution is 0.0972. The van der Waals surface area contributed by atoms with Crippen LogP contribution >= 0.6 is 11.6 Å². The Morgan fingerprint density at radius 1 is 1.39 bits per heavy atom. The Balaban J connectivity index is 2.28. The molecule has 2 aromatic rings. The fourth-order valence-electron chi connectivity index (χ4n) is 1.63. The molecule has 0 atom stereocenters. The van der Waals surface area contributed by atoms with E-state index in [0.29, 0.717) is 16.7 Å². The summed E-state index contributed by atoms with van der Waals surface area (Å²) < 4.78 is 0. The van der Waals surface area contributed by atoms with Gasteiger partial charge in [-0.2, -0.15) is 0 Å². The molecule has 94 valence electrons. The highest BCUT2D eigenvalue weighted by Gasteiger charge is 2.10. The average Bonchev–Trinajstić information content (AvgIpc) is 2.78. The molecule has 0 aliphatic carbocycles. The summed E-state index contributed by atoms with van der Waals surface area (Å²) >= 11 is 5.89. The van der Waals surface area contributed by atoms with Crippen molar-refractivity contribution in [1.82, 2.24) is 15.6 Å². The number of nitrogens with zero attached hydrogens (tertiary/aromatic N) is 1. The van der Waals surface area contributed by atoms with E-state index in [9.17, 15) is 4.79 Å². The van der Waals surface area contributed by atoms with E-state index in [0.717, 1.165) is 10.9 Å². The number of carbonyl (C=O) groups is 1. The summed E-state index contributed by atoms with van der Waals surface area (Å²) in [6, 6.07) is 7.16. The second-order valence-electron chi connectivity index (χ2n) is 3.69. The molecule has 0 spiro atoms. The monoisotopic (exact) mass is 264 g/mol. The number of benzene rings is 1. The number of hydrogen-bond acceptors (Lipinski definition) is 2. The molecule has 1 aromatic heterocycles. The van der Waals surface area contributed by atoms with Gasteiger partial charge < -0.3 is 10.3 Å². The Labute approximate surface area is 109 Å². The van der Waals surface area contributed by atoms with Gasteiger partial charge in [0, 0.05) is 30.0 Å². The van der Waals surface area contributed by atoms with Gasteiger partial charge in [0.1, 0.15) is 5.69 Å². The minimum Gasteiger partial charge on any atom is -0.359 e. The van der Waals surface area contributed by atoms with Crippen molar-refractivity contribution in [3.8, 4) is 0 Å². The highest BCUT2D eigenvalue weighted by Crippen LogP contribution is 2.19. The molecule has 0 bridgehead atoms. The number of guanidine groups is 1. The van der Waals surface area contributed by atoms with E-state index in [-0.39, 0.29) is 5.91 Å². The summed E-state index contributed by atoms with van der Waals surface area (Å²) in [7, 11) is 3.28. The molecular weight excluding hydrogens is 252 g/mol. The molecule has 5 nitrogen and oxygen atoms in total. The summed E-state index contributed by atoms with van der Waals surface area (Å²) in [4.78, 5) is 18.8. The van der Waals surface area contributed by atoms with Gasteiger partial charge in [0.2, 0.25) is 0 Å². The minimum absolute atomic E-state index is 0.253. The zero-order valence-corrected chi connectivity index (χ0v) is 10.8. The van der Waals surface area contributed by atoms with Gasteiger partial charge in [-0.1, -0.05) is 11.6 Å². The molecule has 18 heavy (non-hydrogen) atoms. The average molecular weight is 265 g/mol. The van der Waals surface area contributed by atoms with E-state index in [4.69, 9.17) is 11.6 Å². The molecule has 0 fully saturated rings. The third kappa shape index (κ3) is 2.46. The van der Waals surface area contributed by atoms with Gasteiger partial charge in [0.25, 0.3) is 5.91 Å². The highest BCUT2D eigenvalue weighted by atomic mass is 35.5. The van der Waals surface area contributed by atoms with Gasteiger partial charge in [-0.15, -0.1) is 0 Å². The first-order valence-electron chi connectivity index (χ1n) is 5.38. The SMILES string of the molecule is CN=C(NC)NC(=O)c1cc2cc(Cl)ccc2[nH]1. The number of fused-ring (bicyclic) bond motifs is 1. The Bertz CT molecular complexity index is 618. The molecule has 0 aliphatic rings. The minimum atomic E-state index is -0.253. The Kier molecular flexibility index (Phi) is 3.53. The third-order valence-corrected chi connectivity index (χ3v) is 2.75. The summed E-state index contributed by atoms with van der Waals surface area (Å²) in [6.45, 7) is 0. The summed E-state index contributed by atoms with van der Waals surface area (Å²) in [5, 5.41) is 6.96. The van der Waals surface area contributed by atoms with Crippen LogP contribution in [0.5, 0.6) is 0 Å². The third-order valence-electron chi connectivity index (χ3n) is 2.52. The second kappa shape index (κ2) is 5.10. The van der Waals surface area contributed by atoms with Crippen LogP contribution in [0.15, 0.2) is 29.3 Å². The van der Waals surface area contributed by atoms with Crippen molar-refractivity contribution in [2.24, 2.45) is 4.99 Å². The van der Waals surface area contributed by atoms with Crippen LogP contribution in [0, 0.1) is 0 Å². The summed E-state index contributed by atoms with van der Waals surface area (Å²) in [6.07, 6.45) is 0. The molecule has 1 amide bonds. The summed E-state index contributed by atoms with van der Waals surface area (Å²) in [5.41, 5.74) is 1.33. The zero-order chi connectivity index (χ0) is 13.1. The van der Waals surface area contributed by atoms with Crippen LogP contribution in [0.3, 0.4) is 0 Å². The topological polar surface area (TPSA) is 69.3 Å². The van der Waals surface area contributed by atoms with Crippen molar-refractivity contribution >= 4 is 34.4 Å². The molecule has 6 heteroatoms. The number of amides is 1. The number of aromatic nitrogens is 1. The molecule has 1 heterocycles. The molecule has 3 N–H and O–H groups in total. The maximum atomic E-state index is 11.9. The normalized spacial score (nSPS) is 11.6. The number of carbonyl (C=O) groups excluding carboxylic acids is 1. The maximum Gasteiger partial charge on any atom is 0.274 e. The Morgan fingerprint density at radius 2 is 2.17 bits per heavy atom. The number of hydrogen-bond donors (Lipinski definition) is 3. The van der Waals surface area contributed by atoms with E-state index in [1.807, 2.05) is 6.07 Å². The van der Waals surface area contributed by atoms with Crippen molar-refractivity contribution in [1.29, 1.82) is 0 Å². The van der Waals surface area contributed by atoms with E-state index < -0.39 is 0 Å². The number of aromatic amines is 1. The lowest BCUT2D eigenvalue weighted by Gasteiger charge is -2.05. The zero-order valence-electron chi connectivity index (χ0n) is 10.0. The predicted octanol–water partition coefficient (Wildman–Crippen LogP) is 1.76. The van der Waals surface area contributed by atoms with Gasteiger partial charge in [-0.3, -0.25) is 15.1 Å². The van der Waals surface area contributed by atoms with Crippen molar-refractivity contribution in [2.75, 3.05) is 14.1 Å². The number of aliphatic imine (C=N–C) groups is 1. The Hall–Kier alpha value is -2.01. The van der Waals surface area contributed by atoms with Crippen molar-refractivity contribution in [3.05, 3.63) is 35.0 Å². The molecule has 0 aliphatic heterocycles. The predicted molar refractivity (Wildman–Crippen MR) is 73.2 cm³/mol. The number of H-pyrrole nitrogens is 1. The van der Waals surface area contributed by atoms with E-state index in [1.165, 1.54) is 0 Å². The molecule has 0 saturated heterocycles. The van der Waals surface area contributed by atoms with Crippen molar-refractivity contribution in [3.63, 3.8) is 0 Å². The first-order chi connectivity index (χ1) is 8.63. The number of nitrogens with one attached hydrogen (secondary N) is 3. The van der Waals surface area contributed by atoms with Crippen LogP contribution in [0.25, 0.3) is 10.9 Å². The quantitative estimate of drug-likeness (QED) is 0.543. The molecule has 1 aromatic carbocycles. The van der Waals surface area contributed by atoms with Gasteiger partial charge in [0.15, 0.2) is 5.96 Å². The standard InChI is InChI=1S/C12H13ClN4O/c1-14-12(15-2)17-11(18)10-6-7-5-8(13)3-4-9(7)16-10/h3-6,16H,1-2H3,(H2,14,15,17,18). The van der Waals surface area contributed by atoms with Crippen LogP contribution in [0.1, 0.15) is 10.5 Å². The van der Waals surface area contributed by atoms with E-state index >= 15 is 0 Å². The van der Waals surface area contributed by atoms with Crippen LogP contribution in [0.4, 0.5) is 0 Å². The van der Waals surface area contributed by atoms with Crippen LogP contribution in [-0.2, 0) is 0 Å². The van der Waals surface area contributed by atoms with Crippen molar-refractivity contribution in [2.45, 2.75) is 0 Å². The van der Waals surface area contributed by atoms with Gasteiger partial charge >= 0.3 is 0 Å². The molecule has 0 radical (unpaired) electrons. The lowest BCUT2D eigenvalue weighted by Crippen LogP contribution is -2.39. The van der Waals surface area contributed by atoms with Gasteiger partial charge in [-0.25, -0.2) is 0 Å². The lowest BCUT2D eigenvalue weighted by atomic mass is 10.2. The van der Waals surface area contributed by atoms with E-state index in [2.05, 4.69) is 20.6 Å². The van der Waals surface area contributed by atoms with Crippen LogP contribution in [-0.4, -0.2) is 30.9 Å². The first-order valence-corrected chi connectivity index (χ1v) is 5.76. The van der Waals surface area contributed by atoms with Crippen molar-refractivity contribution < 1.29 is 4.79 Å². The molecule has 0 unspecified atom stereocenters. The second-order valence-corrected chi connectivity index (χ2v) is 4.13. The van der Waals surface area contributed by atoms with Crippen LogP contribution < -0.4 is 10.6 Å². The summed E-state index contributed by atoms with van der Waals surface area (Å²) in [5.74, 6) is 0.161.